The number of rotatable bonds is 3. The topological polar surface area (TPSA) is 77.8 Å². The molecule has 0 aliphatic heterocycles. The van der Waals surface area contributed by atoms with Gasteiger partial charge in [-0.1, -0.05) is 37.6 Å². The molecule has 0 bridgehead atoms. The van der Waals surface area contributed by atoms with Gasteiger partial charge in [0.2, 0.25) is 5.95 Å². The summed E-state index contributed by atoms with van der Waals surface area (Å²) in [7, 11) is 0. The lowest BCUT2D eigenvalue weighted by atomic mass is 9.79. The fourth-order valence-corrected chi connectivity index (χ4v) is 2.81. The second kappa shape index (κ2) is 5.12. The van der Waals surface area contributed by atoms with Crippen molar-refractivity contribution >= 4 is 11.8 Å². The molecule has 4 N–H and O–H groups in total. The Hall–Kier alpha value is -2.10. The van der Waals surface area contributed by atoms with Crippen molar-refractivity contribution in [1.29, 1.82) is 0 Å². The molecule has 3 rings (SSSR count). The van der Waals surface area contributed by atoms with E-state index in [0.29, 0.717) is 11.7 Å². The summed E-state index contributed by atoms with van der Waals surface area (Å²) in [4.78, 5) is 8.44. The lowest BCUT2D eigenvalue weighted by molar-refractivity contribution is 0.420. The number of nitrogens with zero attached hydrogens (tertiary/aromatic N) is 2. The normalized spacial score (nSPS) is 15.1. The van der Waals surface area contributed by atoms with E-state index in [1.165, 1.54) is 24.8 Å². The average Bonchev–Trinajstić information content (AvgIpc) is 2.36. The zero-order valence-corrected chi connectivity index (χ0v) is 11.8. The van der Waals surface area contributed by atoms with Gasteiger partial charge in [0.1, 0.15) is 5.82 Å². The fraction of sp³-hybridized carbons (Fsp3) is 0.375. The van der Waals surface area contributed by atoms with Gasteiger partial charge in [-0.05, 0) is 36.3 Å². The van der Waals surface area contributed by atoms with Gasteiger partial charge in [-0.2, -0.15) is 4.98 Å². The van der Waals surface area contributed by atoms with E-state index in [1.807, 2.05) is 0 Å². The lowest BCUT2D eigenvalue weighted by Crippen LogP contribution is -2.09. The predicted molar refractivity (Wildman–Crippen MR) is 82.3 cm³/mol. The van der Waals surface area contributed by atoms with Gasteiger partial charge < -0.3 is 11.5 Å². The highest BCUT2D eigenvalue weighted by molar-refractivity contribution is 5.77. The van der Waals surface area contributed by atoms with Gasteiger partial charge in [0.05, 0.1) is 5.69 Å². The van der Waals surface area contributed by atoms with Crippen molar-refractivity contribution in [3.8, 4) is 11.1 Å². The Kier molecular flexibility index (Phi) is 3.30. The molecular weight excluding hydrogens is 248 g/mol. The maximum absolute atomic E-state index is 6.07. The van der Waals surface area contributed by atoms with Gasteiger partial charge in [0, 0.05) is 5.56 Å². The van der Waals surface area contributed by atoms with Crippen LogP contribution < -0.4 is 11.5 Å². The molecule has 1 saturated carbocycles. The zero-order chi connectivity index (χ0) is 14.1. The molecule has 0 spiro atoms. The number of aryl methyl sites for hydroxylation is 1. The van der Waals surface area contributed by atoms with Crippen molar-refractivity contribution in [3.63, 3.8) is 0 Å². The van der Waals surface area contributed by atoms with Crippen LogP contribution in [0, 0.1) is 0 Å². The van der Waals surface area contributed by atoms with Gasteiger partial charge in [-0.25, -0.2) is 4.98 Å². The average molecular weight is 268 g/mol. The first-order chi connectivity index (χ1) is 9.69. The molecule has 104 valence electrons. The van der Waals surface area contributed by atoms with Crippen LogP contribution in [0.25, 0.3) is 11.1 Å². The Bertz CT molecular complexity index is 632. The van der Waals surface area contributed by atoms with Gasteiger partial charge in [-0.3, -0.25) is 0 Å². The van der Waals surface area contributed by atoms with E-state index < -0.39 is 0 Å². The third kappa shape index (κ3) is 2.22. The summed E-state index contributed by atoms with van der Waals surface area (Å²) in [6.45, 7) is 2.06. The van der Waals surface area contributed by atoms with E-state index in [-0.39, 0.29) is 5.95 Å². The summed E-state index contributed by atoms with van der Waals surface area (Å²) in [5, 5.41) is 0. The van der Waals surface area contributed by atoms with E-state index in [2.05, 4.69) is 41.2 Å². The van der Waals surface area contributed by atoms with Crippen LogP contribution in [-0.2, 0) is 6.42 Å². The molecule has 0 saturated heterocycles. The van der Waals surface area contributed by atoms with E-state index >= 15 is 0 Å². The first-order valence-electron chi connectivity index (χ1n) is 7.21. The van der Waals surface area contributed by atoms with Crippen molar-refractivity contribution in [2.75, 3.05) is 11.5 Å². The van der Waals surface area contributed by atoms with Crippen molar-refractivity contribution in [1.82, 2.24) is 9.97 Å². The molecule has 0 radical (unpaired) electrons. The zero-order valence-electron chi connectivity index (χ0n) is 11.8. The minimum absolute atomic E-state index is 0.248. The molecule has 0 amide bonds. The summed E-state index contributed by atoms with van der Waals surface area (Å²) in [5.41, 5.74) is 16.1. The van der Waals surface area contributed by atoms with Crippen LogP contribution in [0.15, 0.2) is 24.3 Å². The van der Waals surface area contributed by atoms with E-state index in [1.54, 1.807) is 0 Å². The summed E-state index contributed by atoms with van der Waals surface area (Å²) in [5.74, 6) is 1.43. The SMILES string of the molecule is CCc1nc(N)nc(N)c1-c1cccc(C2CCC2)c1. The Morgan fingerprint density at radius 1 is 1.20 bits per heavy atom. The second-order valence-corrected chi connectivity index (χ2v) is 5.40. The molecule has 1 fully saturated rings. The van der Waals surface area contributed by atoms with Crippen LogP contribution in [0.5, 0.6) is 0 Å². The van der Waals surface area contributed by atoms with Gasteiger partial charge in [0.25, 0.3) is 0 Å². The summed E-state index contributed by atoms with van der Waals surface area (Å²) >= 11 is 0. The van der Waals surface area contributed by atoms with Crippen molar-refractivity contribution in [3.05, 3.63) is 35.5 Å². The van der Waals surface area contributed by atoms with Crippen molar-refractivity contribution < 1.29 is 0 Å². The first-order valence-corrected chi connectivity index (χ1v) is 7.21. The van der Waals surface area contributed by atoms with Crippen molar-refractivity contribution in [2.45, 2.75) is 38.5 Å². The number of nitrogen functional groups attached to an aromatic ring is 2. The summed E-state index contributed by atoms with van der Waals surface area (Å²) in [6.07, 6.45) is 4.71. The quantitative estimate of drug-likeness (QED) is 0.896. The van der Waals surface area contributed by atoms with Crippen LogP contribution >= 0.6 is 0 Å². The van der Waals surface area contributed by atoms with Gasteiger partial charge in [0.15, 0.2) is 0 Å². The van der Waals surface area contributed by atoms with Gasteiger partial charge in [-0.15, -0.1) is 0 Å². The number of hydrogen-bond donors (Lipinski definition) is 2. The molecule has 1 aromatic heterocycles. The maximum atomic E-state index is 6.07. The van der Waals surface area contributed by atoms with E-state index in [4.69, 9.17) is 11.5 Å². The molecule has 2 aromatic rings. The Labute approximate surface area is 119 Å². The molecule has 4 nitrogen and oxygen atoms in total. The minimum Gasteiger partial charge on any atom is -0.383 e. The number of anilines is 2. The Morgan fingerprint density at radius 2 is 2.00 bits per heavy atom. The third-order valence-electron chi connectivity index (χ3n) is 4.12. The molecular formula is C16H20N4. The predicted octanol–water partition coefficient (Wildman–Crippen LogP) is 3.14. The fourth-order valence-electron chi connectivity index (χ4n) is 2.81. The Morgan fingerprint density at radius 3 is 2.65 bits per heavy atom. The van der Waals surface area contributed by atoms with Crippen LogP contribution in [0.2, 0.25) is 0 Å². The van der Waals surface area contributed by atoms with Crippen LogP contribution in [-0.4, -0.2) is 9.97 Å². The number of benzene rings is 1. The summed E-state index contributed by atoms with van der Waals surface area (Å²) in [6, 6.07) is 8.60. The highest BCUT2D eigenvalue weighted by atomic mass is 15.0. The number of aromatic nitrogens is 2. The molecule has 1 aliphatic rings. The Balaban J connectivity index is 2.08. The first kappa shape index (κ1) is 12.9. The monoisotopic (exact) mass is 268 g/mol. The smallest absolute Gasteiger partial charge is 0.222 e. The molecule has 4 heteroatoms. The number of nitrogens with two attached hydrogens (primary N) is 2. The van der Waals surface area contributed by atoms with E-state index in [9.17, 15) is 0 Å². The molecule has 0 unspecified atom stereocenters. The molecule has 1 aliphatic carbocycles. The lowest BCUT2D eigenvalue weighted by Gasteiger charge is -2.26. The third-order valence-corrected chi connectivity index (χ3v) is 4.12. The van der Waals surface area contributed by atoms with E-state index in [0.717, 1.165) is 23.2 Å². The molecule has 20 heavy (non-hydrogen) atoms. The largest absolute Gasteiger partial charge is 0.383 e. The molecule has 1 aromatic carbocycles. The second-order valence-electron chi connectivity index (χ2n) is 5.40. The van der Waals surface area contributed by atoms with Crippen LogP contribution in [0.4, 0.5) is 11.8 Å². The standard InChI is InChI=1S/C16H20N4/c1-2-13-14(15(17)20-16(18)19-13)12-8-4-7-11(9-12)10-5-3-6-10/h4,7-10H,2-3,5-6H2,1H3,(H4,17,18,19,20). The van der Waals surface area contributed by atoms with Crippen LogP contribution in [0.3, 0.4) is 0 Å². The highest BCUT2D eigenvalue weighted by Gasteiger charge is 2.20. The molecule has 0 atom stereocenters. The van der Waals surface area contributed by atoms with Gasteiger partial charge >= 0.3 is 0 Å². The molecule has 1 heterocycles. The minimum atomic E-state index is 0.248. The van der Waals surface area contributed by atoms with Crippen molar-refractivity contribution in [2.24, 2.45) is 0 Å². The number of hydrogen-bond acceptors (Lipinski definition) is 4. The van der Waals surface area contributed by atoms with Crippen LogP contribution in [0.1, 0.15) is 43.4 Å². The highest BCUT2D eigenvalue weighted by Crippen LogP contribution is 2.38. The summed E-state index contributed by atoms with van der Waals surface area (Å²) < 4.78 is 0. The maximum Gasteiger partial charge on any atom is 0.222 e.